The lowest BCUT2D eigenvalue weighted by Crippen LogP contribution is -2.50. The van der Waals surface area contributed by atoms with Crippen molar-refractivity contribution in [1.29, 1.82) is 0 Å². The second kappa shape index (κ2) is 9.73. The summed E-state index contributed by atoms with van der Waals surface area (Å²) in [5.41, 5.74) is 3.29. The Hall–Kier alpha value is -3.22. The van der Waals surface area contributed by atoms with Crippen LogP contribution in [0.1, 0.15) is 33.3 Å². The van der Waals surface area contributed by atoms with E-state index in [1.165, 1.54) is 5.56 Å². The molecule has 2 aromatic carbocycles. The lowest BCUT2D eigenvalue weighted by molar-refractivity contribution is 0.0240. The second-order valence-corrected chi connectivity index (χ2v) is 8.63. The fraction of sp³-hybridized carbons (Fsp3) is 0.417. The van der Waals surface area contributed by atoms with Crippen LogP contribution in [-0.4, -0.2) is 48.8 Å². The maximum Gasteiger partial charge on any atom is 0.410 e. The molecule has 1 aliphatic heterocycles. The zero-order valence-electron chi connectivity index (χ0n) is 18.8. The van der Waals surface area contributed by atoms with Crippen LogP contribution in [0.5, 0.6) is 0 Å². The average Bonchev–Trinajstić information content (AvgIpc) is 2.74. The van der Waals surface area contributed by atoms with Crippen LogP contribution in [0.4, 0.5) is 26.7 Å². The molecule has 0 aromatic heterocycles. The number of nitrogens with zero attached hydrogens (tertiary/aromatic N) is 2. The minimum atomic E-state index is -0.484. The highest BCUT2D eigenvalue weighted by Crippen LogP contribution is 2.21. The van der Waals surface area contributed by atoms with Crippen LogP contribution >= 0.6 is 0 Å². The quantitative estimate of drug-likeness (QED) is 0.728. The van der Waals surface area contributed by atoms with Gasteiger partial charge in [0.15, 0.2) is 0 Å². The highest BCUT2D eigenvalue weighted by atomic mass is 16.6. The number of ether oxygens (including phenoxy) is 1. The predicted octanol–water partition coefficient (Wildman–Crippen LogP) is 4.95. The van der Waals surface area contributed by atoms with Crippen LogP contribution in [-0.2, 0) is 11.2 Å². The van der Waals surface area contributed by atoms with Gasteiger partial charge in [-0.15, -0.1) is 0 Å². The zero-order chi connectivity index (χ0) is 22.4. The Kier molecular flexibility index (Phi) is 7.05. The molecule has 1 heterocycles. The molecular weight excluding hydrogens is 392 g/mol. The van der Waals surface area contributed by atoms with Crippen molar-refractivity contribution in [2.45, 2.75) is 39.7 Å². The van der Waals surface area contributed by atoms with Crippen molar-refractivity contribution in [2.75, 3.05) is 41.7 Å². The van der Waals surface area contributed by atoms with Crippen LogP contribution in [0, 0.1) is 0 Å². The summed E-state index contributed by atoms with van der Waals surface area (Å²) in [7, 11) is 0. The zero-order valence-corrected chi connectivity index (χ0v) is 18.8. The molecular formula is C24H32N4O3. The minimum absolute atomic E-state index is 0.262. The van der Waals surface area contributed by atoms with E-state index in [4.69, 9.17) is 4.74 Å². The first-order chi connectivity index (χ1) is 14.7. The number of anilines is 3. The van der Waals surface area contributed by atoms with Gasteiger partial charge in [-0.2, -0.15) is 0 Å². The van der Waals surface area contributed by atoms with E-state index in [2.05, 4.69) is 22.5 Å². The van der Waals surface area contributed by atoms with Gasteiger partial charge >= 0.3 is 12.1 Å². The Labute approximate surface area is 184 Å². The number of urea groups is 1. The van der Waals surface area contributed by atoms with Crippen LogP contribution in [0.3, 0.4) is 0 Å². The van der Waals surface area contributed by atoms with Crippen molar-refractivity contribution in [2.24, 2.45) is 0 Å². The summed E-state index contributed by atoms with van der Waals surface area (Å²) in [5.74, 6) is 0. The van der Waals surface area contributed by atoms with Crippen LogP contribution in [0.2, 0.25) is 0 Å². The topological polar surface area (TPSA) is 73.9 Å². The summed E-state index contributed by atoms with van der Waals surface area (Å²) in [5, 5.41) is 5.70. The lowest BCUT2D eigenvalue weighted by atomic mass is 10.1. The molecule has 0 bridgehead atoms. The normalized spacial score (nSPS) is 14.2. The second-order valence-electron chi connectivity index (χ2n) is 8.63. The number of hydrogen-bond donors (Lipinski definition) is 2. The predicted molar refractivity (Wildman–Crippen MR) is 125 cm³/mol. The first-order valence-corrected chi connectivity index (χ1v) is 10.7. The molecule has 2 N–H and O–H groups in total. The largest absolute Gasteiger partial charge is 0.444 e. The number of carbonyl (C=O) groups excluding carboxylic acids is 2. The van der Waals surface area contributed by atoms with Gasteiger partial charge in [0, 0.05) is 43.2 Å². The summed E-state index contributed by atoms with van der Waals surface area (Å²) in [4.78, 5) is 28.4. The molecule has 7 heteroatoms. The Bertz CT molecular complexity index is 881. The van der Waals surface area contributed by atoms with E-state index >= 15 is 0 Å². The van der Waals surface area contributed by atoms with Crippen LogP contribution in [0.25, 0.3) is 0 Å². The average molecular weight is 425 g/mol. The Morgan fingerprint density at radius 1 is 0.871 bits per heavy atom. The van der Waals surface area contributed by atoms with Gasteiger partial charge in [-0.25, -0.2) is 9.59 Å². The maximum atomic E-state index is 12.2. The van der Waals surface area contributed by atoms with Gasteiger partial charge in [0.05, 0.1) is 0 Å². The fourth-order valence-corrected chi connectivity index (χ4v) is 3.35. The van der Waals surface area contributed by atoms with Crippen molar-refractivity contribution in [3.05, 3.63) is 54.1 Å². The molecule has 0 spiro atoms. The molecule has 166 valence electrons. The summed E-state index contributed by atoms with van der Waals surface area (Å²) >= 11 is 0. The third kappa shape index (κ3) is 6.64. The van der Waals surface area contributed by atoms with Crippen molar-refractivity contribution in [1.82, 2.24) is 4.90 Å². The number of benzene rings is 2. The van der Waals surface area contributed by atoms with E-state index < -0.39 is 5.60 Å². The SMILES string of the molecule is CCc1ccc(NC(=O)Nc2ccc(N3CCN(C(=O)OC(C)(C)C)CC3)cc2)cc1. The van der Waals surface area contributed by atoms with E-state index in [1.807, 2.05) is 69.3 Å². The lowest BCUT2D eigenvalue weighted by Gasteiger charge is -2.36. The molecule has 31 heavy (non-hydrogen) atoms. The summed E-state index contributed by atoms with van der Waals surface area (Å²) in [6.07, 6.45) is 0.705. The number of amides is 3. The third-order valence-electron chi connectivity index (χ3n) is 5.04. The van der Waals surface area contributed by atoms with E-state index in [0.717, 1.165) is 36.6 Å². The molecule has 3 amide bonds. The Morgan fingerprint density at radius 3 is 1.87 bits per heavy atom. The third-order valence-corrected chi connectivity index (χ3v) is 5.04. The molecule has 1 fully saturated rings. The van der Waals surface area contributed by atoms with E-state index in [-0.39, 0.29) is 12.1 Å². The number of carbonyl (C=O) groups is 2. The van der Waals surface area contributed by atoms with Crippen molar-refractivity contribution >= 4 is 29.2 Å². The fourth-order valence-electron chi connectivity index (χ4n) is 3.35. The number of hydrogen-bond acceptors (Lipinski definition) is 4. The van der Waals surface area contributed by atoms with E-state index in [1.54, 1.807) is 4.90 Å². The Morgan fingerprint density at radius 2 is 1.39 bits per heavy atom. The molecule has 3 rings (SSSR count). The van der Waals surface area contributed by atoms with Gasteiger partial charge in [-0.1, -0.05) is 19.1 Å². The first kappa shape index (κ1) is 22.5. The Balaban J connectivity index is 1.49. The maximum absolute atomic E-state index is 12.2. The standard InChI is InChI=1S/C24H32N4O3/c1-5-18-6-8-19(9-7-18)25-22(29)26-20-10-12-21(13-11-20)27-14-16-28(17-15-27)23(30)31-24(2,3)4/h6-13H,5,14-17H2,1-4H3,(H2,25,26,29). The highest BCUT2D eigenvalue weighted by molar-refractivity contribution is 5.99. The molecule has 0 saturated carbocycles. The van der Waals surface area contributed by atoms with Gasteiger partial charge in [-0.05, 0) is 69.2 Å². The molecule has 1 aliphatic rings. The van der Waals surface area contributed by atoms with Gasteiger partial charge in [0.2, 0.25) is 0 Å². The summed E-state index contributed by atoms with van der Waals surface area (Å²) in [6, 6.07) is 15.3. The smallest absolute Gasteiger partial charge is 0.410 e. The molecule has 2 aromatic rings. The van der Waals surface area contributed by atoms with Crippen molar-refractivity contribution < 1.29 is 14.3 Å². The monoisotopic (exact) mass is 424 g/mol. The molecule has 0 atom stereocenters. The van der Waals surface area contributed by atoms with Crippen molar-refractivity contribution in [3.63, 3.8) is 0 Å². The number of nitrogens with one attached hydrogen (secondary N) is 2. The molecule has 1 saturated heterocycles. The minimum Gasteiger partial charge on any atom is -0.444 e. The van der Waals surface area contributed by atoms with E-state index in [9.17, 15) is 9.59 Å². The molecule has 0 aliphatic carbocycles. The van der Waals surface area contributed by atoms with Gasteiger partial charge < -0.3 is 25.2 Å². The van der Waals surface area contributed by atoms with Gasteiger partial charge in [0.25, 0.3) is 0 Å². The number of rotatable bonds is 4. The van der Waals surface area contributed by atoms with Gasteiger partial charge in [0.1, 0.15) is 5.60 Å². The molecule has 0 radical (unpaired) electrons. The first-order valence-electron chi connectivity index (χ1n) is 10.7. The highest BCUT2D eigenvalue weighted by Gasteiger charge is 2.25. The summed E-state index contributed by atoms with van der Waals surface area (Å²) < 4.78 is 5.45. The van der Waals surface area contributed by atoms with Gasteiger partial charge in [-0.3, -0.25) is 0 Å². The van der Waals surface area contributed by atoms with Crippen LogP contribution in [0.15, 0.2) is 48.5 Å². The number of aryl methyl sites for hydroxylation is 1. The number of piperazine rings is 1. The van der Waals surface area contributed by atoms with Crippen molar-refractivity contribution in [3.8, 4) is 0 Å². The van der Waals surface area contributed by atoms with Crippen LogP contribution < -0.4 is 15.5 Å². The molecule has 7 nitrogen and oxygen atoms in total. The van der Waals surface area contributed by atoms with E-state index in [0.29, 0.717) is 13.1 Å². The molecule has 0 unspecified atom stereocenters. The summed E-state index contributed by atoms with van der Waals surface area (Å²) in [6.45, 7) is 10.4.